The van der Waals surface area contributed by atoms with Crippen LogP contribution in [0.5, 0.6) is 0 Å². The third-order valence-corrected chi connectivity index (χ3v) is 3.53. The van der Waals surface area contributed by atoms with E-state index in [2.05, 4.69) is 47.1 Å². The number of benzene rings is 1. The number of alkyl halides is 1. The first-order chi connectivity index (χ1) is 7.67. The zero-order valence-corrected chi connectivity index (χ0v) is 11.6. The average molecular weight is 283 g/mol. The minimum absolute atomic E-state index is 0.0278. The van der Waals surface area contributed by atoms with E-state index in [1.807, 2.05) is 6.92 Å². The summed E-state index contributed by atoms with van der Waals surface area (Å²) in [5.41, 5.74) is 2.57. The Kier molecular flexibility index (Phi) is 5.75. The predicted molar refractivity (Wildman–Crippen MR) is 72.2 cm³/mol. The molecule has 0 saturated heterocycles. The lowest BCUT2D eigenvalue weighted by Gasteiger charge is -2.08. The fourth-order valence-electron chi connectivity index (χ4n) is 1.63. The number of rotatable bonds is 6. The molecule has 0 heterocycles. The second-order valence-electron chi connectivity index (χ2n) is 4.06. The molecule has 1 aromatic rings. The van der Waals surface area contributed by atoms with Crippen LogP contribution in [0.3, 0.4) is 0 Å². The summed E-state index contributed by atoms with van der Waals surface area (Å²) in [6.45, 7) is 4.18. The van der Waals surface area contributed by atoms with Gasteiger partial charge in [-0.3, -0.25) is 4.79 Å². The maximum Gasteiger partial charge on any atom is 0.146 e. The van der Waals surface area contributed by atoms with E-state index in [1.165, 1.54) is 11.1 Å². The van der Waals surface area contributed by atoms with E-state index >= 15 is 0 Å². The molecule has 2 heteroatoms. The largest absolute Gasteiger partial charge is 0.298 e. The molecule has 1 aromatic carbocycles. The third kappa shape index (κ3) is 4.09. The van der Waals surface area contributed by atoms with Crippen molar-refractivity contribution in [3.8, 4) is 0 Å². The minimum Gasteiger partial charge on any atom is -0.298 e. The summed E-state index contributed by atoms with van der Waals surface area (Å²) in [6.07, 6.45) is 3.45. The summed E-state index contributed by atoms with van der Waals surface area (Å²) in [5.74, 6) is 0.307. The summed E-state index contributed by atoms with van der Waals surface area (Å²) in [5, 5.41) is 0. The molecule has 0 radical (unpaired) electrons. The first kappa shape index (κ1) is 13.4. The van der Waals surface area contributed by atoms with Crippen LogP contribution in [0.15, 0.2) is 24.3 Å². The summed E-state index contributed by atoms with van der Waals surface area (Å²) < 4.78 is 0. The second kappa shape index (κ2) is 6.85. The quantitative estimate of drug-likeness (QED) is 0.723. The first-order valence-electron chi connectivity index (χ1n) is 5.92. The van der Waals surface area contributed by atoms with Gasteiger partial charge in [-0.25, -0.2) is 0 Å². The fraction of sp³-hybridized carbons (Fsp3) is 0.500. The van der Waals surface area contributed by atoms with E-state index in [-0.39, 0.29) is 4.83 Å². The van der Waals surface area contributed by atoms with Gasteiger partial charge in [0.1, 0.15) is 5.78 Å². The minimum atomic E-state index is -0.0278. The number of Topliss-reactive ketones (excluding diaryl/α,β-unsaturated/α-hetero) is 1. The molecule has 0 N–H and O–H groups in total. The molecule has 0 amide bonds. The van der Waals surface area contributed by atoms with E-state index in [9.17, 15) is 4.79 Å². The zero-order chi connectivity index (χ0) is 12.0. The lowest BCUT2D eigenvalue weighted by molar-refractivity contribution is -0.118. The molecule has 0 aliphatic heterocycles. The molecule has 1 rings (SSSR count). The van der Waals surface area contributed by atoms with Crippen molar-refractivity contribution >= 4 is 21.7 Å². The maximum absolute atomic E-state index is 11.6. The van der Waals surface area contributed by atoms with Crippen LogP contribution < -0.4 is 0 Å². The van der Waals surface area contributed by atoms with E-state index in [0.717, 1.165) is 19.3 Å². The number of carbonyl (C=O) groups excluding carboxylic acids is 1. The average Bonchev–Trinajstić information content (AvgIpc) is 2.30. The monoisotopic (exact) mass is 282 g/mol. The van der Waals surface area contributed by atoms with Crippen LogP contribution in [0.4, 0.5) is 0 Å². The van der Waals surface area contributed by atoms with Crippen molar-refractivity contribution in [2.24, 2.45) is 0 Å². The van der Waals surface area contributed by atoms with Crippen molar-refractivity contribution < 1.29 is 4.79 Å². The highest BCUT2D eigenvalue weighted by atomic mass is 79.9. The summed E-state index contributed by atoms with van der Waals surface area (Å²) >= 11 is 3.47. The van der Waals surface area contributed by atoms with Gasteiger partial charge in [0.25, 0.3) is 0 Å². The lowest BCUT2D eigenvalue weighted by Crippen LogP contribution is -2.16. The second-order valence-corrected chi connectivity index (χ2v) is 5.16. The molecule has 0 spiro atoms. The Morgan fingerprint density at radius 3 is 2.25 bits per heavy atom. The normalized spacial score (nSPS) is 12.4. The topological polar surface area (TPSA) is 17.1 Å². The van der Waals surface area contributed by atoms with Gasteiger partial charge in [0.15, 0.2) is 0 Å². The van der Waals surface area contributed by atoms with Crippen LogP contribution >= 0.6 is 15.9 Å². The molecule has 0 bridgehead atoms. The number of carbonyl (C=O) groups is 1. The smallest absolute Gasteiger partial charge is 0.146 e. The van der Waals surface area contributed by atoms with Crippen molar-refractivity contribution in [2.75, 3.05) is 0 Å². The Labute approximate surface area is 106 Å². The highest BCUT2D eigenvalue weighted by Gasteiger charge is 2.13. The van der Waals surface area contributed by atoms with E-state index in [4.69, 9.17) is 0 Å². The van der Waals surface area contributed by atoms with Crippen LogP contribution in [0, 0.1) is 0 Å². The molecule has 0 aromatic heterocycles. The van der Waals surface area contributed by atoms with Gasteiger partial charge >= 0.3 is 0 Å². The summed E-state index contributed by atoms with van der Waals surface area (Å²) in [4.78, 5) is 11.6. The Balaban J connectivity index is 2.55. The molecule has 0 aliphatic rings. The molecule has 0 aliphatic carbocycles. The number of aryl methyl sites for hydroxylation is 1. The van der Waals surface area contributed by atoms with Gasteiger partial charge in [-0.1, -0.05) is 54.0 Å². The molecule has 1 nitrogen and oxygen atoms in total. The molecule has 16 heavy (non-hydrogen) atoms. The van der Waals surface area contributed by atoms with E-state index in [1.54, 1.807) is 0 Å². The highest BCUT2D eigenvalue weighted by molar-refractivity contribution is 9.10. The maximum atomic E-state index is 11.6. The van der Waals surface area contributed by atoms with Gasteiger partial charge in [0.2, 0.25) is 0 Å². The van der Waals surface area contributed by atoms with Gasteiger partial charge in [0, 0.05) is 6.42 Å². The Bertz CT molecular complexity index is 329. The fourth-order valence-corrected chi connectivity index (χ4v) is 2.24. The van der Waals surface area contributed by atoms with Gasteiger partial charge in [-0.2, -0.15) is 0 Å². The number of halogens is 1. The molecule has 88 valence electrons. The molecular weight excluding hydrogens is 264 g/mol. The number of hydrogen-bond donors (Lipinski definition) is 0. The summed E-state index contributed by atoms with van der Waals surface area (Å²) in [6, 6.07) is 8.51. The van der Waals surface area contributed by atoms with Crippen LogP contribution in [-0.2, 0) is 17.6 Å². The molecule has 0 saturated carbocycles. The molecule has 0 fully saturated rings. The Hall–Kier alpha value is -0.630. The van der Waals surface area contributed by atoms with E-state index in [0.29, 0.717) is 12.2 Å². The van der Waals surface area contributed by atoms with Crippen molar-refractivity contribution in [2.45, 2.75) is 44.4 Å². The predicted octanol–water partition coefficient (Wildman–Crippen LogP) is 3.92. The first-order valence-corrected chi connectivity index (χ1v) is 6.83. The van der Waals surface area contributed by atoms with Gasteiger partial charge in [-0.05, 0) is 30.4 Å². The zero-order valence-electron chi connectivity index (χ0n) is 10.0. The standard InChI is InChI=1S/C14H19BrO/c1-3-5-14(16)13(15)10-12-8-6-11(4-2)7-9-12/h6-9,13H,3-5,10H2,1-2H3. The third-order valence-electron chi connectivity index (χ3n) is 2.69. The van der Waals surface area contributed by atoms with Crippen molar-refractivity contribution in [3.05, 3.63) is 35.4 Å². The molecular formula is C14H19BrO. The van der Waals surface area contributed by atoms with Crippen LogP contribution in [0.1, 0.15) is 37.8 Å². The number of ketones is 1. The lowest BCUT2D eigenvalue weighted by atomic mass is 10.0. The van der Waals surface area contributed by atoms with Crippen molar-refractivity contribution in [3.63, 3.8) is 0 Å². The Morgan fingerprint density at radius 1 is 1.19 bits per heavy atom. The van der Waals surface area contributed by atoms with Gasteiger partial charge in [-0.15, -0.1) is 0 Å². The van der Waals surface area contributed by atoms with Crippen LogP contribution in [-0.4, -0.2) is 10.6 Å². The number of hydrogen-bond acceptors (Lipinski definition) is 1. The van der Waals surface area contributed by atoms with Crippen LogP contribution in [0.25, 0.3) is 0 Å². The highest BCUT2D eigenvalue weighted by Crippen LogP contribution is 2.14. The van der Waals surface area contributed by atoms with E-state index < -0.39 is 0 Å². The Morgan fingerprint density at radius 2 is 1.75 bits per heavy atom. The molecule has 1 atom stereocenters. The molecule has 1 unspecified atom stereocenters. The van der Waals surface area contributed by atoms with Crippen molar-refractivity contribution in [1.29, 1.82) is 0 Å². The summed E-state index contributed by atoms with van der Waals surface area (Å²) in [7, 11) is 0. The van der Waals surface area contributed by atoms with Crippen LogP contribution in [0.2, 0.25) is 0 Å². The SMILES string of the molecule is CCCC(=O)C(Br)Cc1ccc(CC)cc1. The van der Waals surface area contributed by atoms with Gasteiger partial charge in [0.05, 0.1) is 4.83 Å². The van der Waals surface area contributed by atoms with Crippen molar-refractivity contribution in [1.82, 2.24) is 0 Å². The van der Waals surface area contributed by atoms with Gasteiger partial charge < -0.3 is 0 Å².